The highest BCUT2D eigenvalue weighted by molar-refractivity contribution is 5.90. The van der Waals surface area contributed by atoms with E-state index >= 15 is 0 Å². The van der Waals surface area contributed by atoms with E-state index in [2.05, 4.69) is 11.2 Å². The number of carbonyl (C=O) groups excluding carboxylic acids is 2. The van der Waals surface area contributed by atoms with Crippen LogP contribution in [-0.2, 0) is 16.1 Å². The largest absolute Gasteiger partial charge is 0.442 e. The first kappa shape index (κ1) is 21.3. The summed E-state index contributed by atoms with van der Waals surface area (Å²) in [5, 5.41) is 2.62. The molecule has 156 valence electrons. The number of amides is 2. The fourth-order valence-electron chi connectivity index (χ4n) is 3.32. The van der Waals surface area contributed by atoms with Crippen molar-refractivity contribution in [3.8, 4) is 23.5 Å². The Bertz CT molecular complexity index is 969. The Morgan fingerprint density at radius 1 is 1.33 bits per heavy atom. The Hall–Kier alpha value is -3.37. The van der Waals surface area contributed by atoms with Crippen LogP contribution in [0, 0.1) is 18.2 Å². The number of benzene rings is 2. The van der Waals surface area contributed by atoms with E-state index in [1.165, 1.54) is 17.9 Å². The highest BCUT2D eigenvalue weighted by Gasteiger charge is 2.32. The van der Waals surface area contributed by atoms with Crippen LogP contribution in [0.4, 0.5) is 14.9 Å². The van der Waals surface area contributed by atoms with Crippen LogP contribution in [0.3, 0.4) is 0 Å². The van der Waals surface area contributed by atoms with Gasteiger partial charge in [0.05, 0.1) is 25.3 Å². The van der Waals surface area contributed by atoms with Crippen molar-refractivity contribution in [2.24, 2.45) is 0 Å². The van der Waals surface area contributed by atoms with Gasteiger partial charge in [0, 0.05) is 19.0 Å². The third-order valence-electron chi connectivity index (χ3n) is 4.80. The van der Waals surface area contributed by atoms with E-state index in [1.54, 1.807) is 12.1 Å². The molecule has 3 rings (SSSR count). The van der Waals surface area contributed by atoms with Crippen LogP contribution in [-0.4, -0.2) is 49.7 Å². The SMILES string of the molecule is C#CCN(C)Cc1ccc(-c2ccc(N3C[C@H](CNC(C)=O)OC3=O)cc2F)cc1. The molecule has 2 aromatic carbocycles. The van der Waals surface area contributed by atoms with Crippen LogP contribution in [0.2, 0.25) is 0 Å². The summed E-state index contributed by atoms with van der Waals surface area (Å²) in [6.07, 6.45) is 4.29. The predicted molar refractivity (Wildman–Crippen MR) is 113 cm³/mol. The molecule has 0 unspecified atom stereocenters. The van der Waals surface area contributed by atoms with Crippen LogP contribution in [0.5, 0.6) is 0 Å². The monoisotopic (exact) mass is 409 g/mol. The number of halogens is 1. The van der Waals surface area contributed by atoms with E-state index in [1.807, 2.05) is 36.2 Å². The van der Waals surface area contributed by atoms with Crippen LogP contribution in [0.15, 0.2) is 42.5 Å². The molecule has 30 heavy (non-hydrogen) atoms. The van der Waals surface area contributed by atoms with Gasteiger partial charge >= 0.3 is 6.09 Å². The maximum atomic E-state index is 14.8. The average molecular weight is 409 g/mol. The van der Waals surface area contributed by atoms with E-state index < -0.39 is 18.0 Å². The molecule has 0 aromatic heterocycles. The summed E-state index contributed by atoms with van der Waals surface area (Å²) in [7, 11) is 1.94. The van der Waals surface area contributed by atoms with E-state index in [-0.39, 0.29) is 19.0 Å². The summed E-state index contributed by atoms with van der Waals surface area (Å²) in [5.74, 6) is 1.97. The molecule has 1 atom stereocenters. The molecule has 0 aliphatic carbocycles. The molecule has 0 saturated carbocycles. The fourth-order valence-corrected chi connectivity index (χ4v) is 3.32. The van der Waals surface area contributed by atoms with Crippen LogP contribution in [0.1, 0.15) is 12.5 Å². The summed E-state index contributed by atoms with van der Waals surface area (Å²) < 4.78 is 20.0. The number of rotatable bonds is 7. The average Bonchev–Trinajstić information content (AvgIpc) is 3.08. The lowest BCUT2D eigenvalue weighted by atomic mass is 10.0. The molecule has 1 aliphatic heterocycles. The molecular weight excluding hydrogens is 385 g/mol. The van der Waals surface area contributed by atoms with Crippen LogP contribution in [0.25, 0.3) is 11.1 Å². The quantitative estimate of drug-likeness (QED) is 0.714. The number of hydrogen-bond acceptors (Lipinski definition) is 4. The van der Waals surface area contributed by atoms with Gasteiger partial charge in [-0.05, 0) is 36.4 Å². The molecule has 6 nitrogen and oxygen atoms in total. The number of ether oxygens (including phenoxy) is 1. The normalized spacial score (nSPS) is 15.8. The molecule has 0 spiro atoms. The Labute approximate surface area is 175 Å². The second-order valence-corrected chi connectivity index (χ2v) is 7.29. The maximum absolute atomic E-state index is 14.8. The highest BCUT2D eigenvalue weighted by Crippen LogP contribution is 2.29. The van der Waals surface area contributed by atoms with E-state index in [0.717, 1.165) is 11.1 Å². The van der Waals surface area contributed by atoms with E-state index in [4.69, 9.17) is 11.2 Å². The Balaban J connectivity index is 1.70. The number of nitrogens with zero attached hydrogens (tertiary/aromatic N) is 2. The van der Waals surface area contributed by atoms with E-state index in [9.17, 15) is 14.0 Å². The van der Waals surface area contributed by atoms with Crippen molar-refractivity contribution in [3.05, 3.63) is 53.8 Å². The number of nitrogens with one attached hydrogen (secondary N) is 1. The first-order valence-corrected chi connectivity index (χ1v) is 9.61. The van der Waals surface area contributed by atoms with Crippen LogP contribution < -0.4 is 10.2 Å². The standard InChI is InChI=1S/C23H24FN3O3/c1-4-11-26(3)14-17-5-7-18(8-6-17)21-10-9-19(12-22(21)24)27-15-20(30-23(27)29)13-25-16(2)28/h1,5-10,12,20H,11,13-15H2,2-3H3,(H,25,28)/t20-/m0/s1. The van der Waals surface area contributed by atoms with Gasteiger partial charge in [0.2, 0.25) is 5.91 Å². The lowest BCUT2D eigenvalue weighted by Gasteiger charge is -2.15. The third-order valence-corrected chi connectivity index (χ3v) is 4.80. The maximum Gasteiger partial charge on any atom is 0.414 e. The highest BCUT2D eigenvalue weighted by atomic mass is 19.1. The van der Waals surface area contributed by atoms with Gasteiger partial charge in [0.1, 0.15) is 11.9 Å². The van der Waals surface area contributed by atoms with Crippen molar-refractivity contribution >= 4 is 17.7 Å². The van der Waals surface area contributed by atoms with Crippen molar-refractivity contribution in [1.82, 2.24) is 10.2 Å². The van der Waals surface area contributed by atoms with Crippen molar-refractivity contribution in [2.45, 2.75) is 19.6 Å². The molecule has 7 heteroatoms. The number of anilines is 1. The summed E-state index contributed by atoms with van der Waals surface area (Å²) in [6, 6.07) is 12.3. The van der Waals surface area contributed by atoms with Gasteiger partial charge in [0.15, 0.2) is 0 Å². The number of carbonyl (C=O) groups is 2. The van der Waals surface area contributed by atoms with Gasteiger partial charge in [-0.25, -0.2) is 9.18 Å². The second-order valence-electron chi connectivity index (χ2n) is 7.29. The topological polar surface area (TPSA) is 61.9 Å². The zero-order valence-electron chi connectivity index (χ0n) is 17.0. The smallest absolute Gasteiger partial charge is 0.414 e. The number of cyclic esters (lactones) is 1. The molecule has 1 heterocycles. The van der Waals surface area contributed by atoms with Crippen molar-refractivity contribution in [1.29, 1.82) is 0 Å². The van der Waals surface area contributed by atoms with Crippen molar-refractivity contribution in [2.75, 3.05) is 31.6 Å². The molecule has 2 aromatic rings. The molecule has 0 radical (unpaired) electrons. The molecule has 1 fully saturated rings. The molecular formula is C23H24FN3O3. The summed E-state index contributed by atoms with van der Waals surface area (Å²) in [5.41, 5.74) is 2.69. The fraction of sp³-hybridized carbons (Fsp3) is 0.304. The Kier molecular flexibility index (Phi) is 6.70. The van der Waals surface area contributed by atoms with Gasteiger partial charge in [-0.1, -0.05) is 30.2 Å². The lowest BCUT2D eigenvalue weighted by molar-refractivity contribution is -0.119. The van der Waals surface area contributed by atoms with Crippen molar-refractivity contribution in [3.63, 3.8) is 0 Å². The van der Waals surface area contributed by atoms with Gasteiger partial charge in [-0.15, -0.1) is 6.42 Å². The third kappa shape index (κ3) is 5.16. The lowest BCUT2D eigenvalue weighted by Crippen LogP contribution is -2.33. The predicted octanol–water partition coefficient (Wildman–Crippen LogP) is 3.02. The first-order chi connectivity index (χ1) is 14.4. The Morgan fingerprint density at radius 3 is 2.70 bits per heavy atom. The summed E-state index contributed by atoms with van der Waals surface area (Å²) in [6.45, 7) is 3.13. The molecule has 2 amide bonds. The zero-order chi connectivity index (χ0) is 21.7. The van der Waals surface area contributed by atoms with Gasteiger partial charge in [-0.2, -0.15) is 0 Å². The van der Waals surface area contributed by atoms with Gasteiger partial charge < -0.3 is 10.1 Å². The first-order valence-electron chi connectivity index (χ1n) is 9.61. The summed E-state index contributed by atoms with van der Waals surface area (Å²) >= 11 is 0. The molecule has 0 bridgehead atoms. The molecule has 1 saturated heterocycles. The van der Waals surface area contributed by atoms with E-state index in [0.29, 0.717) is 24.3 Å². The number of hydrogen-bond donors (Lipinski definition) is 1. The van der Waals surface area contributed by atoms with Gasteiger partial charge in [0.25, 0.3) is 0 Å². The molecule has 1 aliphatic rings. The molecule has 1 N–H and O–H groups in total. The number of terminal acetylenes is 1. The minimum Gasteiger partial charge on any atom is -0.442 e. The van der Waals surface area contributed by atoms with Crippen molar-refractivity contribution < 1.29 is 18.7 Å². The van der Waals surface area contributed by atoms with Gasteiger partial charge in [-0.3, -0.25) is 14.6 Å². The minimum atomic E-state index is -0.557. The Morgan fingerprint density at radius 2 is 2.07 bits per heavy atom. The second kappa shape index (κ2) is 9.42. The zero-order valence-corrected chi connectivity index (χ0v) is 17.0. The minimum absolute atomic E-state index is 0.200. The summed E-state index contributed by atoms with van der Waals surface area (Å²) in [4.78, 5) is 26.5. The van der Waals surface area contributed by atoms with Crippen LogP contribution >= 0.6 is 0 Å².